The van der Waals surface area contributed by atoms with Crippen molar-refractivity contribution < 1.29 is 0 Å². The lowest BCUT2D eigenvalue weighted by Gasteiger charge is -2.11. The van der Waals surface area contributed by atoms with Gasteiger partial charge in [-0.25, -0.2) is 4.98 Å². The standard InChI is InChI=1S/C36H21N5/c1-2-7-23(8-3-1)40-31-10-5-4-9-24(31)27-16-21-15-22-17-29-28(18-25(22)26(21)19-33(27)40)35-32(11-6-13-38-35)41-34-20-37-14-12-30(34)39-36(29)41/h1-14,16-20H,15H2. The zero-order valence-electron chi connectivity index (χ0n) is 21.9. The number of rotatable bonds is 1. The van der Waals surface area contributed by atoms with Gasteiger partial charge in [0.05, 0.1) is 39.3 Å². The van der Waals surface area contributed by atoms with Gasteiger partial charge in [-0.2, -0.15) is 0 Å². The Kier molecular flexibility index (Phi) is 3.92. The Bertz CT molecular complexity index is 2550. The number of pyridine rings is 3. The lowest BCUT2D eigenvalue weighted by Crippen LogP contribution is -1.94. The molecule has 0 saturated heterocycles. The molecule has 0 N–H and O–H groups in total. The van der Waals surface area contributed by atoms with Crippen LogP contribution in [0.2, 0.25) is 0 Å². The van der Waals surface area contributed by atoms with Crippen molar-refractivity contribution in [3.05, 3.63) is 127 Å². The van der Waals surface area contributed by atoms with Gasteiger partial charge in [0.15, 0.2) is 0 Å². The zero-order valence-corrected chi connectivity index (χ0v) is 21.9. The van der Waals surface area contributed by atoms with Crippen molar-refractivity contribution in [3.63, 3.8) is 0 Å². The fourth-order valence-corrected chi connectivity index (χ4v) is 7.07. The molecule has 190 valence electrons. The van der Waals surface area contributed by atoms with Gasteiger partial charge in [0.1, 0.15) is 5.65 Å². The van der Waals surface area contributed by atoms with Crippen LogP contribution < -0.4 is 0 Å². The number of hydrogen-bond donors (Lipinski definition) is 0. The van der Waals surface area contributed by atoms with Crippen LogP contribution in [0.15, 0.2) is 116 Å². The zero-order chi connectivity index (χ0) is 26.7. The first kappa shape index (κ1) is 21.3. The topological polar surface area (TPSA) is 48.0 Å². The second-order valence-corrected chi connectivity index (χ2v) is 11.0. The fourth-order valence-electron chi connectivity index (χ4n) is 7.07. The molecule has 0 saturated carbocycles. The number of hydrogen-bond acceptors (Lipinski definition) is 3. The largest absolute Gasteiger partial charge is 0.309 e. The van der Waals surface area contributed by atoms with E-state index in [1.165, 1.54) is 49.7 Å². The third kappa shape index (κ3) is 2.72. The minimum Gasteiger partial charge on any atom is -0.309 e. The smallest absolute Gasteiger partial charge is 0.146 e. The molecule has 5 nitrogen and oxygen atoms in total. The minimum atomic E-state index is 0.898. The summed E-state index contributed by atoms with van der Waals surface area (Å²) in [4.78, 5) is 14.4. The van der Waals surface area contributed by atoms with Crippen molar-refractivity contribution in [2.45, 2.75) is 6.42 Å². The molecule has 4 aromatic carbocycles. The molecule has 0 amide bonds. The molecular weight excluding hydrogens is 502 g/mol. The normalized spacial score (nSPS) is 12.8. The van der Waals surface area contributed by atoms with Crippen LogP contribution in [0.5, 0.6) is 0 Å². The summed E-state index contributed by atoms with van der Waals surface area (Å²) >= 11 is 0. The van der Waals surface area contributed by atoms with Crippen molar-refractivity contribution in [1.29, 1.82) is 0 Å². The molecule has 5 heterocycles. The molecular formula is C36H21N5. The number of benzene rings is 4. The first-order valence-electron chi connectivity index (χ1n) is 13.9. The van der Waals surface area contributed by atoms with Crippen molar-refractivity contribution in [1.82, 2.24) is 23.9 Å². The van der Waals surface area contributed by atoms with E-state index in [0.717, 1.165) is 44.9 Å². The lowest BCUT2D eigenvalue weighted by atomic mass is 9.99. The van der Waals surface area contributed by atoms with Crippen LogP contribution in [0.25, 0.3) is 77.1 Å². The van der Waals surface area contributed by atoms with Gasteiger partial charge in [0.25, 0.3) is 0 Å². The third-order valence-electron chi connectivity index (χ3n) is 8.81. The molecule has 0 spiro atoms. The molecule has 0 bridgehead atoms. The molecule has 5 heteroatoms. The van der Waals surface area contributed by atoms with E-state index in [0.29, 0.717) is 0 Å². The van der Waals surface area contributed by atoms with E-state index in [-0.39, 0.29) is 0 Å². The highest BCUT2D eigenvalue weighted by atomic mass is 15.0. The van der Waals surface area contributed by atoms with Crippen LogP contribution in [0.1, 0.15) is 11.1 Å². The molecule has 41 heavy (non-hydrogen) atoms. The molecule has 9 aromatic rings. The second-order valence-electron chi connectivity index (χ2n) is 11.0. The maximum Gasteiger partial charge on any atom is 0.146 e. The van der Waals surface area contributed by atoms with Crippen LogP contribution in [-0.4, -0.2) is 23.9 Å². The Morgan fingerprint density at radius 3 is 2.32 bits per heavy atom. The highest BCUT2D eigenvalue weighted by molar-refractivity contribution is 6.15. The van der Waals surface area contributed by atoms with Crippen molar-refractivity contribution in [2.24, 2.45) is 0 Å². The maximum atomic E-state index is 5.08. The summed E-state index contributed by atoms with van der Waals surface area (Å²) in [5.74, 6) is 0. The van der Waals surface area contributed by atoms with Gasteiger partial charge >= 0.3 is 0 Å². The summed E-state index contributed by atoms with van der Waals surface area (Å²) in [6, 6.07) is 35.0. The Morgan fingerprint density at radius 2 is 1.39 bits per heavy atom. The highest BCUT2D eigenvalue weighted by Crippen LogP contribution is 2.45. The van der Waals surface area contributed by atoms with E-state index in [2.05, 4.69) is 98.9 Å². The Morgan fingerprint density at radius 1 is 0.585 bits per heavy atom. The van der Waals surface area contributed by atoms with Crippen molar-refractivity contribution in [3.8, 4) is 16.8 Å². The van der Waals surface area contributed by atoms with Gasteiger partial charge in [-0.05, 0) is 89.3 Å². The quantitative estimate of drug-likeness (QED) is 0.204. The molecule has 10 rings (SSSR count). The molecule has 1 aliphatic carbocycles. The van der Waals surface area contributed by atoms with Gasteiger partial charge in [-0.1, -0.05) is 36.4 Å². The van der Waals surface area contributed by atoms with E-state index >= 15 is 0 Å². The predicted octanol–water partition coefficient (Wildman–Crippen LogP) is 8.25. The van der Waals surface area contributed by atoms with Gasteiger partial charge in [0.2, 0.25) is 0 Å². The Hall–Kier alpha value is -5.55. The first-order chi connectivity index (χ1) is 20.3. The Labute approximate surface area is 234 Å². The lowest BCUT2D eigenvalue weighted by molar-refractivity contribution is 1.18. The molecule has 0 atom stereocenters. The summed E-state index contributed by atoms with van der Waals surface area (Å²) in [5, 5.41) is 4.83. The number of imidazole rings is 1. The van der Waals surface area contributed by atoms with Crippen LogP contribution in [-0.2, 0) is 6.42 Å². The van der Waals surface area contributed by atoms with E-state index in [1.807, 2.05) is 30.7 Å². The van der Waals surface area contributed by atoms with Crippen molar-refractivity contribution in [2.75, 3.05) is 0 Å². The molecule has 0 aliphatic heterocycles. The van der Waals surface area contributed by atoms with E-state index in [9.17, 15) is 0 Å². The average Bonchev–Trinajstić information content (AvgIpc) is 3.69. The maximum absolute atomic E-state index is 5.08. The molecule has 0 unspecified atom stereocenters. The summed E-state index contributed by atoms with van der Waals surface area (Å²) in [5.41, 5.74) is 13.8. The molecule has 0 fully saturated rings. The average molecular weight is 524 g/mol. The predicted molar refractivity (Wildman–Crippen MR) is 166 cm³/mol. The minimum absolute atomic E-state index is 0.898. The van der Waals surface area contributed by atoms with Gasteiger partial charge in [0, 0.05) is 39.6 Å². The fraction of sp³-hybridized carbons (Fsp3) is 0.0278. The first-order valence-corrected chi connectivity index (χ1v) is 13.9. The Balaban J connectivity index is 1.31. The van der Waals surface area contributed by atoms with Crippen LogP contribution in [0, 0.1) is 0 Å². The molecule has 0 radical (unpaired) electrons. The van der Waals surface area contributed by atoms with Gasteiger partial charge in [-0.3, -0.25) is 14.4 Å². The molecule has 5 aromatic heterocycles. The second kappa shape index (κ2) is 7.55. The molecule has 1 aliphatic rings. The number of fused-ring (bicyclic) bond motifs is 14. The SMILES string of the molecule is c1ccc(-n2c3ccccc3c3cc4c(cc32)-c2cc3c(cc2C4)c2nc4ccncc4n2c2cccnc32)cc1. The number of aromatic nitrogens is 5. The van der Waals surface area contributed by atoms with Crippen molar-refractivity contribution >= 4 is 60.3 Å². The number of para-hydroxylation sites is 2. The van der Waals surface area contributed by atoms with E-state index < -0.39 is 0 Å². The van der Waals surface area contributed by atoms with Crippen LogP contribution in [0.4, 0.5) is 0 Å². The third-order valence-corrected chi connectivity index (χ3v) is 8.81. The van der Waals surface area contributed by atoms with Crippen LogP contribution >= 0.6 is 0 Å². The monoisotopic (exact) mass is 523 g/mol. The highest BCUT2D eigenvalue weighted by Gasteiger charge is 2.25. The van der Waals surface area contributed by atoms with Crippen LogP contribution in [0.3, 0.4) is 0 Å². The summed E-state index contributed by atoms with van der Waals surface area (Å²) < 4.78 is 4.61. The van der Waals surface area contributed by atoms with Gasteiger partial charge < -0.3 is 4.57 Å². The van der Waals surface area contributed by atoms with E-state index in [1.54, 1.807) is 0 Å². The van der Waals surface area contributed by atoms with E-state index in [4.69, 9.17) is 9.97 Å². The summed E-state index contributed by atoms with van der Waals surface area (Å²) in [6.45, 7) is 0. The summed E-state index contributed by atoms with van der Waals surface area (Å²) in [6.07, 6.45) is 6.49. The number of nitrogens with zero attached hydrogens (tertiary/aromatic N) is 5. The summed E-state index contributed by atoms with van der Waals surface area (Å²) in [7, 11) is 0. The van der Waals surface area contributed by atoms with Gasteiger partial charge in [-0.15, -0.1) is 0 Å².